The Hall–Kier alpha value is -2.30. The summed E-state index contributed by atoms with van der Waals surface area (Å²) in [5.74, 6) is 0.801. The van der Waals surface area contributed by atoms with Crippen LogP contribution in [0.15, 0.2) is 30.0 Å². The molecule has 5 nitrogen and oxygen atoms in total. The van der Waals surface area contributed by atoms with Crippen LogP contribution in [-0.2, 0) is 14.3 Å². The molecule has 1 aromatic carbocycles. The van der Waals surface area contributed by atoms with Crippen LogP contribution in [-0.4, -0.2) is 32.9 Å². The summed E-state index contributed by atoms with van der Waals surface area (Å²) in [5.41, 5.74) is 0.981. The largest absolute Gasteiger partial charge is 0.493 e. The van der Waals surface area contributed by atoms with Crippen molar-refractivity contribution in [1.29, 1.82) is 0 Å². The molecule has 5 heteroatoms. The zero-order chi connectivity index (χ0) is 16.7. The number of rotatable bonds is 4. The van der Waals surface area contributed by atoms with Crippen LogP contribution in [0.3, 0.4) is 0 Å². The summed E-state index contributed by atoms with van der Waals surface area (Å²) in [4.78, 5) is 24.8. The standard InChI is InChI=1S/C18H20O5/c1-9-15(10-5-6-12(21-2)13(7-10)22-3)17-16(9)11(19)8-14(23-4)18(17)20/h5-9,15-17H,1-4H3/t9-,15+,16+,17+/m1/s1. The number of ketones is 2. The van der Waals surface area contributed by atoms with E-state index in [1.807, 2.05) is 25.1 Å². The van der Waals surface area contributed by atoms with Crippen molar-refractivity contribution < 1.29 is 23.8 Å². The predicted molar refractivity (Wildman–Crippen MR) is 83.5 cm³/mol. The number of carbonyl (C=O) groups is 2. The van der Waals surface area contributed by atoms with E-state index in [4.69, 9.17) is 14.2 Å². The Kier molecular flexibility index (Phi) is 3.88. The third kappa shape index (κ3) is 2.22. The first-order chi connectivity index (χ1) is 11.0. The van der Waals surface area contributed by atoms with Crippen molar-refractivity contribution >= 4 is 11.6 Å². The molecule has 122 valence electrons. The highest BCUT2D eigenvalue weighted by molar-refractivity contribution is 6.11. The van der Waals surface area contributed by atoms with Crippen molar-refractivity contribution in [2.75, 3.05) is 21.3 Å². The van der Waals surface area contributed by atoms with Crippen LogP contribution >= 0.6 is 0 Å². The first kappa shape index (κ1) is 15.6. The Bertz CT molecular complexity index is 691. The van der Waals surface area contributed by atoms with Gasteiger partial charge in [0.2, 0.25) is 5.78 Å². The molecule has 4 atom stereocenters. The second-order valence-electron chi connectivity index (χ2n) is 6.03. The van der Waals surface area contributed by atoms with Gasteiger partial charge in [-0.1, -0.05) is 13.0 Å². The van der Waals surface area contributed by atoms with Gasteiger partial charge in [0.25, 0.3) is 0 Å². The molecule has 1 fully saturated rings. The molecule has 0 radical (unpaired) electrons. The van der Waals surface area contributed by atoms with E-state index in [1.54, 1.807) is 14.2 Å². The minimum Gasteiger partial charge on any atom is -0.493 e. The van der Waals surface area contributed by atoms with E-state index in [-0.39, 0.29) is 41.0 Å². The van der Waals surface area contributed by atoms with Crippen molar-refractivity contribution in [2.45, 2.75) is 12.8 Å². The maximum atomic E-state index is 12.6. The molecule has 0 spiro atoms. The molecule has 0 unspecified atom stereocenters. The third-order valence-electron chi connectivity index (χ3n) is 5.07. The normalized spacial score (nSPS) is 29.3. The molecule has 2 aliphatic carbocycles. The Labute approximate surface area is 135 Å². The lowest BCUT2D eigenvalue weighted by molar-refractivity contribution is -0.144. The summed E-state index contributed by atoms with van der Waals surface area (Å²) in [7, 11) is 4.58. The number of hydrogen-bond acceptors (Lipinski definition) is 5. The van der Waals surface area contributed by atoms with Gasteiger partial charge in [-0.3, -0.25) is 9.59 Å². The van der Waals surface area contributed by atoms with Crippen molar-refractivity contribution in [2.24, 2.45) is 17.8 Å². The van der Waals surface area contributed by atoms with Crippen molar-refractivity contribution in [3.05, 3.63) is 35.6 Å². The van der Waals surface area contributed by atoms with Gasteiger partial charge in [0, 0.05) is 17.9 Å². The molecule has 0 amide bonds. The first-order valence-corrected chi connectivity index (χ1v) is 7.59. The Morgan fingerprint density at radius 3 is 2.17 bits per heavy atom. The molecule has 0 heterocycles. The quantitative estimate of drug-likeness (QED) is 0.853. The van der Waals surface area contributed by atoms with Crippen molar-refractivity contribution in [3.63, 3.8) is 0 Å². The maximum Gasteiger partial charge on any atom is 0.201 e. The van der Waals surface area contributed by atoms with Crippen LogP contribution in [0.1, 0.15) is 18.4 Å². The smallest absolute Gasteiger partial charge is 0.201 e. The van der Waals surface area contributed by atoms with Gasteiger partial charge < -0.3 is 14.2 Å². The second kappa shape index (κ2) is 5.72. The van der Waals surface area contributed by atoms with Gasteiger partial charge >= 0.3 is 0 Å². The van der Waals surface area contributed by atoms with Gasteiger partial charge in [-0.05, 0) is 29.5 Å². The number of benzene rings is 1. The lowest BCUT2D eigenvalue weighted by Crippen LogP contribution is -2.53. The summed E-state index contributed by atoms with van der Waals surface area (Å²) in [6.07, 6.45) is 1.34. The molecular formula is C18H20O5. The van der Waals surface area contributed by atoms with Crippen LogP contribution in [0.5, 0.6) is 11.5 Å². The van der Waals surface area contributed by atoms with Gasteiger partial charge in [-0.15, -0.1) is 0 Å². The average molecular weight is 316 g/mol. The van der Waals surface area contributed by atoms with Crippen LogP contribution in [0.2, 0.25) is 0 Å². The highest BCUT2D eigenvalue weighted by Gasteiger charge is 2.57. The van der Waals surface area contributed by atoms with Crippen molar-refractivity contribution in [1.82, 2.24) is 0 Å². The molecule has 0 aromatic heterocycles. The van der Waals surface area contributed by atoms with Crippen LogP contribution in [0.25, 0.3) is 0 Å². The SMILES string of the molecule is COC1=CC(=O)[C@@H]2[C@H](C)[C@@H](c3ccc(OC)c(OC)c3)[C@@H]2C1=O. The fourth-order valence-corrected chi connectivity index (χ4v) is 3.91. The molecule has 1 aromatic rings. The monoisotopic (exact) mass is 316 g/mol. The van der Waals surface area contributed by atoms with E-state index < -0.39 is 0 Å². The number of carbonyl (C=O) groups excluding carboxylic acids is 2. The summed E-state index contributed by atoms with van der Waals surface area (Å²) in [5, 5.41) is 0. The molecule has 1 saturated carbocycles. The molecular weight excluding hydrogens is 296 g/mol. The zero-order valence-corrected chi connectivity index (χ0v) is 13.7. The number of Topliss-reactive ketones (excluding diaryl/α,β-unsaturated/α-hetero) is 1. The molecule has 0 saturated heterocycles. The number of hydrogen-bond donors (Lipinski definition) is 0. The number of ether oxygens (including phenoxy) is 3. The molecule has 0 N–H and O–H groups in total. The van der Waals surface area contributed by atoms with E-state index in [2.05, 4.69) is 0 Å². The molecule has 0 bridgehead atoms. The molecule has 2 aliphatic rings. The van der Waals surface area contributed by atoms with Gasteiger partial charge in [0.05, 0.1) is 21.3 Å². The summed E-state index contributed by atoms with van der Waals surface area (Å²) >= 11 is 0. The summed E-state index contributed by atoms with van der Waals surface area (Å²) in [6.45, 7) is 2.01. The fourth-order valence-electron chi connectivity index (χ4n) is 3.91. The lowest BCUT2D eigenvalue weighted by Gasteiger charge is -2.50. The van der Waals surface area contributed by atoms with Crippen LogP contribution < -0.4 is 9.47 Å². The number of allylic oxidation sites excluding steroid dienone is 2. The number of fused-ring (bicyclic) bond motifs is 1. The third-order valence-corrected chi connectivity index (χ3v) is 5.07. The maximum absolute atomic E-state index is 12.6. The van der Waals surface area contributed by atoms with Gasteiger partial charge in [0.1, 0.15) is 0 Å². The minimum absolute atomic E-state index is 0.0179. The predicted octanol–water partition coefficient (Wildman–Crippen LogP) is 2.35. The van der Waals surface area contributed by atoms with Gasteiger partial charge in [-0.2, -0.15) is 0 Å². The number of methoxy groups -OCH3 is 3. The molecule has 0 aliphatic heterocycles. The molecule has 23 heavy (non-hydrogen) atoms. The first-order valence-electron chi connectivity index (χ1n) is 7.59. The second-order valence-corrected chi connectivity index (χ2v) is 6.03. The van der Waals surface area contributed by atoms with E-state index >= 15 is 0 Å². The van der Waals surface area contributed by atoms with Gasteiger partial charge in [-0.25, -0.2) is 0 Å². The van der Waals surface area contributed by atoms with E-state index in [0.29, 0.717) is 11.5 Å². The highest BCUT2D eigenvalue weighted by atomic mass is 16.5. The van der Waals surface area contributed by atoms with E-state index in [0.717, 1.165) is 5.56 Å². The lowest BCUT2D eigenvalue weighted by atomic mass is 9.51. The molecule has 3 rings (SSSR count). The fraction of sp³-hybridized carbons (Fsp3) is 0.444. The Balaban J connectivity index is 1.97. The Morgan fingerprint density at radius 1 is 0.870 bits per heavy atom. The van der Waals surface area contributed by atoms with Crippen molar-refractivity contribution in [3.8, 4) is 11.5 Å². The van der Waals surface area contributed by atoms with Crippen LogP contribution in [0.4, 0.5) is 0 Å². The minimum atomic E-state index is -0.351. The van der Waals surface area contributed by atoms with Gasteiger partial charge in [0.15, 0.2) is 23.0 Å². The van der Waals surface area contributed by atoms with Crippen LogP contribution in [0, 0.1) is 17.8 Å². The zero-order valence-electron chi connectivity index (χ0n) is 13.7. The summed E-state index contributed by atoms with van der Waals surface area (Å²) in [6, 6.07) is 5.65. The van der Waals surface area contributed by atoms with E-state index in [9.17, 15) is 9.59 Å². The highest BCUT2D eigenvalue weighted by Crippen LogP contribution is 2.56. The van der Waals surface area contributed by atoms with E-state index in [1.165, 1.54) is 13.2 Å². The summed E-state index contributed by atoms with van der Waals surface area (Å²) < 4.78 is 15.7. The Morgan fingerprint density at radius 2 is 1.57 bits per heavy atom. The average Bonchev–Trinajstić information content (AvgIpc) is 2.55. The topological polar surface area (TPSA) is 61.8 Å².